The fourth-order valence-corrected chi connectivity index (χ4v) is 1.56. The number of rotatable bonds is 10. The van der Waals surface area contributed by atoms with Crippen molar-refractivity contribution in [2.24, 2.45) is 0 Å². The number of nitrogens with one attached hydrogen (secondary N) is 2. The van der Waals surface area contributed by atoms with Crippen molar-refractivity contribution in [3.63, 3.8) is 0 Å². The standard InChI is InChI=1S/C13H26N2O2/c1-2-3-4-5-6-7-8-9-10-11-14-13(17)15-12-16/h10-11,16H,2-9,12H2,1H3,(H2,14,15,17)/b11-10+. The normalized spacial score (nSPS) is 10.7. The first-order chi connectivity index (χ1) is 8.31. The van der Waals surface area contributed by atoms with Crippen molar-refractivity contribution in [2.45, 2.75) is 58.3 Å². The van der Waals surface area contributed by atoms with E-state index in [1.54, 1.807) is 6.20 Å². The van der Waals surface area contributed by atoms with Gasteiger partial charge in [0.2, 0.25) is 0 Å². The Bertz CT molecular complexity index is 206. The molecule has 2 amide bonds. The molecule has 0 bridgehead atoms. The molecule has 0 aliphatic carbocycles. The SMILES string of the molecule is CCCCCCCCC/C=C/NC(=O)NCO. The molecule has 0 saturated heterocycles. The van der Waals surface area contributed by atoms with Crippen LogP contribution in [0.3, 0.4) is 0 Å². The highest BCUT2D eigenvalue weighted by Gasteiger charge is 1.92. The van der Waals surface area contributed by atoms with Gasteiger partial charge >= 0.3 is 6.03 Å². The molecule has 0 aromatic heterocycles. The second-order valence-electron chi connectivity index (χ2n) is 4.12. The largest absolute Gasteiger partial charge is 0.376 e. The van der Waals surface area contributed by atoms with Gasteiger partial charge in [-0.1, -0.05) is 51.5 Å². The Morgan fingerprint density at radius 3 is 2.41 bits per heavy atom. The van der Waals surface area contributed by atoms with Crippen LogP contribution in [0.4, 0.5) is 4.79 Å². The Morgan fingerprint density at radius 1 is 1.12 bits per heavy atom. The first-order valence-electron chi connectivity index (χ1n) is 6.61. The number of carbonyl (C=O) groups excluding carboxylic acids is 1. The number of urea groups is 1. The van der Waals surface area contributed by atoms with Crippen LogP contribution >= 0.6 is 0 Å². The van der Waals surface area contributed by atoms with Crippen LogP contribution in [0.25, 0.3) is 0 Å². The third-order valence-corrected chi connectivity index (χ3v) is 2.55. The van der Waals surface area contributed by atoms with Gasteiger partial charge in [-0.25, -0.2) is 4.79 Å². The molecule has 0 heterocycles. The van der Waals surface area contributed by atoms with E-state index < -0.39 is 0 Å². The summed E-state index contributed by atoms with van der Waals surface area (Å²) >= 11 is 0. The Hall–Kier alpha value is -1.03. The third-order valence-electron chi connectivity index (χ3n) is 2.55. The zero-order chi connectivity index (χ0) is 12.8. The van der Waals surface area contributed by atoms with E-state index >= 15 is 0 Å². The zero-order valence-corrected chi connectivity index (χ0v) is 10.9. The molecule has 0 rings (SSSR count). The molecule has 4 heteroatoms. The lowest BCUT2D eigenvalue weighted by Crippen LogP contribution is -2.32. The number of hydrogen-bond acceptors (Lipinski definition) is 2. The van der Waals surface area contributed by atoms with Gasteiger partial charge in [-0.05, 0) is 12.8 Å². The van der Waals surface area contributed by atoms with Crippen LogP contribution in [0.1, 0.15) is 58.3 Å². The van der Waals surface area contributed by atoms with E-state index in [9.17, 15) is 4.79 Å². The predicted molar refractivity (Wildman–Crippen MR) is 70.5 cm³/mol. The van der Waals surface area contributed by atoms with Gasteiger partial charge < -0.3 is 15.7 Å². The molecule has 0 radical (unpaired) electrons. The Morgan fingerprint density at radius 2 is 1.76 bits per heavy atom. The number of carbonyl (C=O) groups is 1. The molecule has 0 atom stereocenters. The summed E-state index contributed by atoms with van der Waals surface area (Å²) in [6.45, 7) is 1.89. The molecular weight excluding hydrogens is 216 g/mol. The van der Waals surface area contributed by atoms with Gasteiger partial charge in [0.15, 0.2) is 0 Å². The van der Waals surface area contributed by atoms with Crippen molar-refractivity contribution >= 4 is 6.03 Å². The van der Waals surface area contributed by atoms with Crippen molar-refractivity contribution < 1.29 is 9.90 Å². The van der Waals surface area contributed by atoms with Crippen LogP contribution in [0.2, 0.25) is 0 Å². The highest BCUT2D eigenvalue weighted by Crippen LogP contribution is 2.08. The molecule has 0 aromatic carbocycles. The molecule has 100 valence electrons. The van der Waals surface area contributed by atoms with Gasteiger partial charge in [-0.15, -0.1) is 0 Å². The van der Waals surface area contributed by atoms with Gasteiger partial charge in [0.05, 0.1) is 0 Å². The maximum atomic E-state index is 10.8. The first kappa shape index (κ1) is 16.0. The van der Waals surface area contributed by atoms with E-state index in [-0.39, 0.29) is 12.8 Å². The topological polar surface area (TPSA) is 61.4 Å². The van der Waals surface area contributed by atoms with Crippen LogP contribution in [0, 0.1) is 0 Å². The van der Waals surface area contributed by atoms with E-state index in [1.165, 1.54) is 44.9 Å². The summed E-state index contributed by atoms with van der Waals surface area (Å²) in [5, 5.41) is 13.1. The monoisotopic (exact) mass is 242 g/mol. The lowest BCUT2D eigenvalue weighted by molar-refractivity contribution is 0.220. The van der Waals surface area contributed by atoms with E-state index in [2.05, 4.69) is 17.6 Å². The van der Waals surface area contributed by atoms with Gasteiger partial charge in [-0.3, -0.25) is 0 Å². The lowest BCUT2D eigenvalue weighted by Gasteiger charge is -2.00. The summed E-state index contributed by atoms with van der Waals surface area (Å²) in [4.78, 5) is 10.8. The van der Waals surface area contributed by atoms with Crippen molar-refractivity contribution in [3.8, 4) is 0 Å². The molecule has 0 spiro atoms. The van der Waals surface area contributed by atoms with Gasteiger partial charge in [0.1, 0.15) is 6.73 Å². The summed E-state index contributed by atoms with van der Waals surface area (Å²) in [5.74, 6) is 0. The number of unbranched alkanes of at least 4 members (excludes halogenated alkanes) is 7. The second-order valence-corrected chi connectivity index (χ2v) is 4.12. The minimum Gasteiger partial charge on any atom is -0.376 e. The van der Waals surface area contributed by atoms with E-state index in [0.717, 1.165) is 6.42 Å². The molecule has 0 unspecified atom stereocenters. The predicted octanol–water partition coefficient (Wildman–Crippen LogP) is 2.89. The average Bonchev–Trinajstić information content (AvgIpc) is 2.32. The average molecular weight is 242 g/mol. The number of allylic oxidation sites excluding steroid dienone is 1. The molecule has 0 saturated carbocycles. The number of amides is 2. The van der Waals surface area contributed by atoms with Crippen LogP contribution in [0.15, 0.2) is 12.3 Å². The van der Waals surface area contributed by atoms with Gasteiger partial charge in [0.25, 0.3) is 0 Å². The van der Waals surface area contributed by atoms with Crippen LogP contribution in [-0.4, -0.2) is 17.9 Å². The molecule has 17 heavy (non-hydrogen) atoms. The first-order valence-corrected chi connectivity index (χ1v) is 6.61. The number of aliphatic hydroxyl groups is 1. The highest BCUT2D eigenvalue weighted by molar-refractivity contribution is 5.74. The molecular formula is C13H26N2O2. The Labute approximate surface area is 104 Å². The molecule has 0 aliphatic rings. The third kappa shape index (κ3) is 12.9. The van der Waals surface area contributed by atoms with E-state index in [1.807, 2.05) is 6.08 Å². The number of hydrogen-bond donors (Lipinski definition) is 3. The van der Waals surface area contributed by atoms with Gasteiger partial charge in [-0.2, -0.15) is 0 Å². The summed E-state index contributed by atoms with van der Waals surface area (Å²) in [5.41, 5.74) is 0. The maximum absolute atomic E-state index is 10.8. The van der Waals surface area contributed by atoms with E-state index in [4.69, 9.17) is 5.11 Å². The summed E-state index contributed by atoms with van der Waals surface area (Å²) in [7, 11) is 0. The summed E-state index contributed by atoms with van der Waals surface area (Å²) < 4.78 is 0. The highest BCUT2D eigenvalue weighted by atomic mass is 16.3. The summed E-state index contributed by atoms with van der Waals surface area (Å²) in [6, 6.07) is -0.372. The maximum Gasteiger partial charge on any atom is 0.320 e. The Balaban J connectivity index is 3.16. The molecule has 0 aromatic rings. The number of aliphatic hydroxyl groups excluding tert-OH is 1. The van der Waals surface area contributed by atoms with Crippen LogP contribution in [-0.2, 0) is 0 Å². The van der Waals surface area contributed by atoms with Crippen LogP contribution in [0.5, 0.6) is 0 Å². The zero-order valence-electron chi connectivity index (χ0n) is 10.9. The quantitative estimate of drug-likeness (QED) is 0.407. The fourth-order valence-electron chi connectivity index (χ4n) is 1.56. The van der Waals surface area contributed by atoms with Gasteiger partial charge in [0, 0.05) is 6.20 Å². The molecule has 4 nitrogen and oxygen atoms in total. The van der Waals surface area contributed by atoms with Crippen molar-refractivity contribution in [1.82, 2.24) is 10.6 Å². The van der Waals surface area contributed by atoms with Crippen molar-refractivity contribution in [2.75, 3.05) is 6.73 Å². The molecule has 0 aliphatic heterocycles. The second kappa shape index (κ2) is 13.0. The van der Waals surface area contributed by atoms with Crippen LogP contribution < -0.4 is 10.6 Å². The molecule has 0 fully saturated rings. The lowest BCUT2D eigenvalue weighted by atomic mass is 10.1. The van der Waals surface area contributed by atoms with Crippen molar-refractivity contribution in [3.05, 3.63) is 12.3 Å². The summed E-state index contributed by atoms with van der Waals surface area (Å²) in [6.07, 6.45) is 13.7. The Kier molecular flexibility index (Phi) is 12.2. The minimum atomic E-state index is -0.372. The minimum absolute atomic E-state index is 0.336. The van der Waals surface area contributed by atoms with Crippen molar-refractivity contribution in [1.29, 1.82) is 0 Å². The van der Waals surface area contributed by atoms with E-state index in [0.29, 0.717) is 0 Å². The smallest absolute Gasteiger partial charge is 0.320 e. The fraction of sp³-hybridized carbons (Fsp3) is 0.769. The molecule has 3 N–H and O–H groups in total.